The predicted molar refractivity (Wildman–Crippen MR) is 107 cm³/mol. The number of sulfonamides is 1. The predicted octanol–water partition coefficient (Wildman–Crippen LogP) is 3.64. The largest absolute Gasteiger partial charge is 0.361 e. The van der Waals surface area contributed by atoms with Gasteiger partial charge in [0.15, 0.2) is 5.13 Å². The zero-order valence-corrected chi connectivity index (χ0v) is 17.0. The molecule has 0 spiro atoms. The number of hydrogen-bond acceptors (Lipinski definition) is 6. The molecule has 148 valence electrons. The molecule has 1 aliphatic carbocycles. The maximum atomic E-state index is 13.7. The molecule has 27 heavy (non-hydrogen) atoms. The van der Waals surface area contributed by atoms with Crippen molar-refractivity contribution >= 4 is 26.5 Å². The summed E-state index contributed by atoms with van der Waals surface area (Å²) in [4.78, 5) is 8.10. The molecule has 2 heterocycles. The van der Waals surface area contributed by atoms with Crippen LogP contribution < -0.4 is 10.0 Å². The first-order valence-electron chi connectivity index (χ1n) is 9.27. The number of pyridine rings is 1. The van der Waals surface area contributed by atoms with Crippen LogP contribution in [0.4, 0.5) is 9.52 Å². The van der Waals surface area contributed by atoms with Crippen molar-refractivity contribution < 1.29 is 12.8 Å². The second-order valence-electron chi connectivity index (χ2n) is 6.91. The Balaban J connectivity index is 1.46. The van der Waals surface area contributed by atoms with Crippen LogP contribution in [-0.4, -0.2) is 36.7 Å². The second-order valence-corrected chi connectivity index (χ2v) is 9.65. The van der Waals surface area contributed by atoms with E-state index in [0.717, 1.165) is 37.4 Å². The van der Waals surface area contributed by atoms with Gasteiger partial charge in [0.2, 0.25) is 16.0 Å². The van der Waals surface area contributed by atoms with Crippen molar-refractivity contribution in [1.29, 1.82) is 0 Å². The zero-order chi connectivity index (χ0) is 19.3. The minimum atomic E-state index is -3.14. The second kappa shape index (κ2) is 9.07. The first-order valence-corrected chi connectivity index (χ1v) is 11.8. The normalized spacial score (nSPS) is 20.5. The third-order valence-electron chi connectivity index (χ3n) is 4.75. The highest BCUT2D eigenvalue weighted by Crippen LogP contribution is 2.28. The first-order chi connectivity index (χ1) is 13.0. The highest BCUT2D eigenvalue weighted by atomic mass is 32.2. The molecular weight excluding hydrogens is 387 g/mol. The molecule has 0 unspecified atom stereocenters. The van der Waals surface area contributed by atoms with Crippen LogP contribution in [0.3, 0.4) is 0 Å². The molecule has 1 fully saturated rings. The Kier molecular flexibility index (Phi) is 6.78. The summed E-state index contributed by atoms with van der Waals surface area (Å²) in [7, 11) is -3.14. The van der Waals surface area contributed by atoms with Crippen LogP contribution in [0.1, 0.15) is 39.0 Å². The van der Waals surface area contributed by atoms with Gasteiger partial charge in [0.05, 0.1) is 17.0 Å². The lowest BCUT2D eigenvalue weighted by atomic mass is 9.86. The Labute approximate surface area is 163 Å². The lowest BCUT2D eigenvalue weighted by molar-refractivity contribution is 0.324. The van der Waals surface area contributed by atoms with Gasteiger partial charge in [-0.3, -0.25) is 0 Å². The third-order valence-corrected chi connectivity index (χ3v) is 7.19. The number of thiazole rings is 1. The van der Waals surface area contributed by atoms with E-state index in [2.05, 4.69) is 20.0 Å². The summed E-state index contributed by atoms with van der Waals surface area (Å²) < 4.78 is 40.3. The van der Waals surface area contributed by atoms with Crippen LogP contribution in [0.15, 0.2) is 23.7 Å². The standard InChI is InChI=1S/C18H25FN4O2S2/c1-2-10-27(24,25)23-14-7-5-13(6-8-14)11-21-18-22-16(12-26-18)15-4-3-9-20-17(15)19/h3-4,9,12-14,23H,2,5-8,10-11H2,1H3,(H,21,22). The Morgan fingerprint density at radius 1 is 1.30 bits per heavy atom. The molecule has 0 bridgehead atoms. The van der Waals surface area contributed by atoms with Crippen molar-refractivity contribution in [3.05, 3.63) is 29.7 Å². The first kappa shape index (κ1) is 20.2. The van der Waals surface area contributed by atoms with Gasteiger partial charge >= 0.3 is 0 Å². The van der Waals surface area contributed by atoms with Crippen LogP contribution in [0.25, 0.3) is 11.3 Å². The van der Waals surface area contributed by atoms with E-state index in [9.17, 15) is 12.8 Å². The van der Waals surface area contributed by atoms with Gasteiger partial charge in [-0.25, -0.2) is 23.1 Å². The van der Waals surface area contributed by atoms with E-state index in [4.69, 9.17) is 0 Å². The third kappa shape index (κ3) is 5.70. The summed E-state index contributed by atoms with van der Waals surface area (Å²) in [5.41, 5.74) is 0.990. The molecule has 0 amide bonds. The molecule has 2 N–H and O–H groups in total. The maximum Gasteiger partial charge on any atom is 0.222 e. The van der Waals surface area contributed by atoms with E-state index in [1.54, 1.807) is 12.1 Å². The van der Waals surface area contributed by atoms with Crippen molar-refractivity contribution in [3.8, 4) is 11.3 Å². The fourth-order valence-electron chi connectivity index (χ4n) is 3.35. The minimum absolute atomic E-state index is 0.0535. The molecule has 0 aliphatic heterocycles. The average molecular weight is 413 g/mol. The van der Waals surface area contributed by atoms with Crippen molar-refractivity contribution in [2.75, 3.05) is 17.6 Å². The number of nitrogens with one attached hydrogen (secondary N) is 2. The summed E-state index contributed by atoms with van der Waals surface area (Å²) >= 11 is 1.45. The number of nitrogens with zero attached hydrogens (tertiary/aromatic N) is 2. The van der Waals surface area contributed by atoms with Crippen LogP contribution >= 0.6 is 11.3 Å². The van der Waals surface area contributed by atoms with Crippen LogP contribution in [0, 0.1) is 11.9 Å². The van der Waals surface area contributed by atoms with Gasteiger partial charge in [0.25, 0.3) is 0 Å². The molecule has 9 heteroatoms. The molecule has 0 atom stereocenters. The zero-order valence-electron chi connectivity index (χ0n) is 15.3. The van der Waals surface area contributed by atoms with Crippen LogP contribution in [0.2, 0.25) is 0 Å². The molecule has 0 aromatic carbocycles. The van der Waals surface area contributed by atoms with Crippen molar-refractivity contribution in [3.63, 3.8) is 0 Å². The van der Waals surface area contributed by atoms with Gasteiger partial charge in [-0.1, -0.05) is 6.92 Å². The summed E-state index contributed by atoms with van der Waals surface area (Å²) in [5.74, 6) is 0.163. The fraction of sp³-hybridized carbons (Fsp3) is 0.556. The summed E-state index contributed by atoms with van der Waals surface area (Å²) in [6.07, 6.45) is 5.72. The molecule has 2 aromatic rings. The van der Waals surface area contributed by atoms with E-state index in [1.807, 2.05) is 12.3 Å². The van der Waals surface area contributed by atoms with Gasteiger partial charge < -0.3 is 5.32 Å². The molecule has 6 nitrogen and oxygen atoms in total. The number of halogens is 1. The fourth-order valence-corrected chi connectivity index (χ4v) is 5.47. The van der Waals surface area contributed by atoms with E-state index in [-0.39, 0.29) is 11.8 Å². The van der Waals surface area contributed by atoms with Gasteiger partial charge in [-0.15, -0.1) is 11.3 Å². The average Bonchev–Trinajstić information content (AvgIpc) is 3.10. The monoisotopic (exact) mass is 412 g/mol. The molecule has 0 saturated heterocycles. The lowest BCUT2D eigenvalue weighted by Crippen LogP contribution is -2.39. The quantitative estimate of drug-likeness (QED) is 0.647. The summed E-state index contributed by atoms with van der Waals surface area (Å²) in [6.45, 7) is 2.66. The van der Waals surface area contributed by atoms with Crippen LogP contribution in [0.5, 0.6) is 0 Å². The topological polar surface area (TPSA) is 84.0 Å². The molecular formula is C18H25FN4O2S2. The summed E-state index contributed by atoms with van der Waals surface area (Å²) in [6, 6.07) is 3.41. The molecule has 2 aromatic heterocycles. The SMILES string of the molecule is CCCS(=O)(=O)NC1CCC(CNc2nc(-c3cccnc3F)cs2)CC1. The molecule has 1 saturated carbocycles. The Morgan fingerprint density at radius 3 is 2.78 bits per heavy atom. The number of hydrogen-bond donors (Lipinski definition) is 2. The van der Waals surface area contributed by atoms with Crippen LogP contribution in [-0.2, 0) is 10.0 Å². The van der Waals surface area contributed by atoms with Gasteiger partial charge in [-0.2, -0.15) is 4.39 Å². The van der Waals surface area contributed by atoms with Crippen molar-refractivity contribution in [2.45, 2.75) is 45.1 Å². The van der Waals surface area contributed by atoms with Gasteiger partial charge in [0.1, 0.15) is 0 Å². The Morgan fingerprint density at radius 2 is 2.07 bits per heavy atom. The van der Waals surface area contributed by atoms with Gasteiger partial charge in [0, 0.05) is 24.2 Å². The Bertz CT molecular complexity index is 849. The smallest absolute Gasteiger partial charge is 0.222 e. The van der Waals surface area contributed by atoms with E-state index in [1.165, 1.54) is 17.5 Å². The van der Waals surface area contributed by atoms with E-state index in [0.29, 0.717) is 23.6 Å². The minimum Gasteiger partial charge on any atom is -0.361 e. The molecule has 1 aliphatic rings. The van der Waals surface area contributed by atoms with Gasteiger partial charge in [-0.05, 0) is 50.2 Å². The maximum absolute atomic E-state index is 13.7. The van der Waals surface area contributed by atoms with E-state index < -0.39 is 16.0 Å². The number of aromatic nitrogens is 2. The van der Waals surface area contributed by atoms with Crippen molar-refractivity contribution in [2.24, 2.45) is 5.92 Å². The highest BCUT2D eigenvalue weighted by Gasteiger charge is 2.24. The van der Waals surface area contributed by atoms with E-state index >= 15 is 0 Å². The molecule has 3 rings (SSSR count). The summed E-state index contributed by atoms with van der Waals surface area (Å²) in [5, 5.41) is 5.92. The highest BCUT2D eigenvalue weighted by molar-refractivity contribution is 7.89. The number of rotatable bonds is 8. The number of anilines is 1. The lowest BCUT2D eigenvalue weighted by Gasteiger charge is -2.29. The molecule has 0 radical (unpaired) electrons. The van der Waals surface area contributed by atoms with Crippen molar-refractivity contribution in [1.82, 2.24) is 14.7 Å². The Hall–Kier alpha value is -1.58.